The predicted molar refractivity (Wildman–Crippen MR) is 82.5 cm³/mol. The first-order valence-electron chi connectivity index (χ1n) is 7.25. The molecule has 2 heteroatoms. The summed E-state index contributed by atoms with van der Waals surface area (Å²) in [6.45, 7) is 5.51. The first-order chi connectivity index (χ1) is 8.79. The van der Waals surface area contributed by atoms with Gasteiger partial charge in [0.15, 0.2) is 0 Å². The quantitative estimate of drug-likeness (QED) is 0.327. The molecule has 1 atom stereocenters. The number of benzene rings is 1. The predicted octanol–water partition coefficient (Wildman–Crippen LogP) is 5.44. The second-order valence-corrected chi connectivity index (χ2v) is 5.32. The second-order valence-electron chi connectivity index (χ2n) is 4.81. The van der Waals surface area contributed by atoms with Gasteiger partial charge in [-0.3, -0.25) is 0 Å². The highest BCUT2D eigenvalue weighted by Crippen LogP contribution is 2.22. The lowest BCUT2D eigenvalue weighted by molar-refractivity contribution is 0.600. The zero-order valence-electron chi connectivity index (χ0n) is 11.7. The molecule has 0 fully saturated rings. The smallest absolute Gasteiger partial charge is 0.104 e. The van der Waals surface area contributed by atoms with E-state index in [1.807, 2.05) is 0 Å². The van der Waals surface area contributed by atoms with Crippen LogP contribution in [0.25, 0.3) is 0 Å². The Labute approximate surface area is 117 Å². The summed E-state index contributed by atoms with van der Waals surface area (Å²) < 4.78 is 0. The molecule has 18 heavy (non-hydrogen) atoms. The highest BCUT2D eigenvalue weighted by molar-refractivity contribution is 6.21. The van der Waals surface area contributed by atoms with E-state index in [-0.39, 0.29) is 5.50 Å². The van der Waals surface area contributed by atoms with Crippen LogP contribution in [0, 0.1) is 0 Å². The summed E-state index contributed by atoms with van der Waals surface area (Å²) >= 11 is 6.58. The van der Waals surface area contributed by atoms with Crippen molar-refractivity contribution in [2.45, 2.75) is 57.9 Å². The lowest BCUT2D eigenvalue weighted by Crippen LogP contribution is -2.32. The summed E-state index contributed by atoms with van der Waals surface area (Å²) in [5.41, 5.74) is 1.38. The van der Waals surface area contributed by atoms with E-state index in [0.29, 0.717) is 0 Å². The van der Waals surface area contributed by atoms with Gasteiger partial charge in [-0.15, -0.1) is 0 Å². The minimum Gasteiger partial charge on any atom is -0.355 e. The summed E-state index contributed by atoms with van der Waals surface area (Å²) in [5, 5.41) is 0. The Morgan fingerprint density at radius 3 is 2.28 bits per heavy atom. The SMILES string of the molecule is CCCCCC(Cl)N(CCCC)c1ccccc1. The Bertz CT molecular complexity index is 299. The van der Waals surface area contributed by atoms with Crippen LogP contribution in [0.4, 0.5) is 5.69 Å². The van der Waals surface area contributed by atoms with E-state index in [9.17, 15) is 0 Å². The third kappa shape index (κ3) is 5.30. The Balaban J connectivity index is 2.59. The number of alkyl halides is 1. The molecule has 1 unspecified atom stereocenters. The molecule has 0 aromatic heterocycles. The third-order valence-corrected chi connectivity index (χ3v) is 3.68. The third-order valence-electron chi connectivity index (χ3n) is 3.22. The summed E-state index contributed by atoms with van der Waals surface area (Å²) in [6, 6.07) is 10.5. The van der Waals surface area contributed by atoms with Crippen LogP contribution < -0.4 is 4.90 Å². The maximum atomic E-state index is 6.58. The van der Waals surface area contributed by atoms with E-state index >= 15 is 0 Å². The molecule has 0 aliphatic heterocycles. The van der Waals surface area contributed by atoms with Gasteiger partial charge in [0.05, 0.1) is 0 Å². The van der Waals surface area contributed by atoms with E-state index in [0.717, 1.165) is 13.0 Å². The molecule has 0 saturated carbocycles. The van der Waals surface area contributed by atoms with Crippen molar-refractivity contribution in [3.05, 3.63) is 30.3 Å². The van der Waals surface area contributed by atoms with Gasteiger partial charge in [0, 0.05) is 12.2 Å². The van der Waals surface area contributed by atoms with E-state index < -0.39 is 0 Å². The molecule has 0 aliphatic rings. The number of halogens is 1. The molecule has 102 valence electrons. The van der Waals surface area contributed by atoms with Gasteiger partial charge in [-0.2, -0.15) is 0 Å². The minimum absolute atomic E-state index is 0.130. The average molecular weight is 268 g/mol. The maximum Gasteiger partial charge on any atom is 0.104 e. The molecule has 0 saturated heterocycles. The van der Waals surface area contributed by atoms with Gasteiger partial charge >= 0.3 is 0 Å². The average Bonchev–Trinajstić information content (AvgIpc) is 2.41. The van der Waals surface area contributed by atoms with Crippen LogP contribution in [0.3, 0.4) is 0 Å². The summed E-state index contributed by atoms with van der Waals surface area (Å²) in [6.07, 6.45) is 7.24. The number of anilines is 1. The monoisotopic (exact) mass is 267 g/mol. The number of hydrogen-bond donors (Lipinski definition) is 0. The zero-order valence-corrected chi connectivity index (χ0v) is 12.5. The normalized spacial score (nSPS) is 12.4. The van der Waals surface area contributed by atoms with Crippen LogP contribution in [0.2, 0.25) is 0 Å². The first kappa shape index (κ1) is 15.4. The zero-order chi connectivity index (χ0) is 13.2. The van der Waals surface area contributed by atoms with Crippen molar-refractivity contribution in [2.75, 3.05) is 11.4 Å². The number of unbranched alkanes of at least 4 members (excludes halogenated alkanes) is 3. The molecule has 0 bridgehead atoms. The van der Waals surface area contributed by atoms with Gasteiger partial charge in [-0.05, 0) is 25.0 Å². The Hall–Kier alpha value is -0.690. The molecule has 1 aromatic rings. The van der Waals surface area contributed by atoms with Crippen LogP contribution in [-0.4, -0.2) is 12.0 Å². The molecule has 0 N–H and O–H groups in total. The standard InChI is InChI=1S/C16H26ClN/c1-3-5-8-13-16(17)18(14-6-4-2)15-11-9-7-10-12-15/h7,9-12,16H,3-6,8,13-14H2,1-2H3. The molecule has 0 aliphatic carbocycles. The van der Waals surface area contributed by atoms with Crippen LogP contribution in [0.15, 0.2) is 30.3 Å². The molecular weight excluding hydrogens is 242 g/mol. The Morgan fingerprint density at radius 2 is 1.67 bits per heavy atom. The van der Waals surface area contributed by atoms with Gasteiger partial charge in [0.25, 0.3) is 0 Å². The molecule has 1 rings (SSSR count). The highest BCUT2D eigenvalue weighted by Gasteiger charge is 2.15. The fourth-order valence-electron chi connectivity index (χ4n) is 2.10. The molecule has 0 heterocycles. The van der Waals surface area contributed by atoms with E-state index in [1.54, 1.807) is 0 Å². The molecular formula is C16H26ClN. The van der Waals surface area contributed by atoms with Crippen LogP contribution in [0.1, 0.15) is 52.4 Å². The van der Waals surface area contributed by atoms with Crippen molar-refractivity contribution in [3.8, 4) is 0 Å². The summed E-state index contributed by atoms with van der Waals surface area (Å²) in [5.74, 6) is 0. The number of para-hydroxylation sites is 1. The largest absolute Gasteiger partial charge is 0.355 e. The van der Waals surface area contributed by atoms with E-state index in [1.165, 1.54) is 37.8 Å². The maximum absolute atomic E-state index is 6.58. The van der Waals surface area contributed by atoms with Gasteiger partial charge in [-0.1, -0.05) is 69.3 Å². The van der Waals surface area contributed by atoms with Crippen molar-refractivity contribution < 1.29 is 0 Å². The number of hydrogen-bond acceptors (Lipinski definition) is 1. The molecule has 0 spiro atoms. The van der Waals surface area contributed by atoms with Crippen LogP contribution in [-0.2, 0) is 0 Å². The second kappa shape index (κ2) is 9.27. The lowest BCUT2D eigenvalue weighted by atomic mass is 10.1. The van der Waals surface area contributed by atoms with Crippen molar-refractivity contribution in [2.24, 2.45) is 0 Å². The van der Waals surface area contributed by atoms with Crippen molar-refractivity contribution in [1.82, 2.24) is 0 Å². The van der Waals surface area contributed by atoms with Crippen LogP contribution >= 0.6 is 11.6 Å². The molecule has 0 radical (unpaired) electrons. The topological polar surface area (TPSA) is 3.24 Å². The lowest BCUT2D eigenvalue weighted by Gasteiger charge is -2.29. The van der Waals surface area contributed by atoms with Crippen LogP contribution in [0.5, 0.6) is 0 Å². The number of nitrogens with zero attached hydrogens (tertiary/aromatic N) is 1. The minimum atomic E-state index is 0.130. The Kier molecular flexibility index (Phi) is 7.91. The molecule has 0 amide bonds. The van der Waals surface area contributed by atoms with Gasteiger partial charge in [-0.25, -0.2) is 0 Å². The summed E-state index contributed by atoms with van der Waals surface area (Å²) in [7, 11) is 0. The Morgan fingerprint density at radius 1 is 1.00 bits per heavy atom. The number of rotatable bonds is 9. The molecule has 1 nitrogen and oxygen atoms in total. The van der Waals surface area contributed by atoms with Crippen molar-refractivity contribution >= 4 is 17.3 Å². The van der Waals surface area contributed by atoms with Crippen molar-refractivity contribution in [1.29, 1.82) is 0 Å². The first-order valence-corrected chi connectivity index (χ1v) is 7.69. The summed E-state index contributed by atoms with van der Waals surface area (Å²) in [4.78, 5) is 2.35. The van der Waals surface area contributed by atoms with Gasteiger partial charge < -0.3 is 4.90 Å². The van der Waals surface area contributed by atoms with Crippen molar-refractivity contribution in [3.63, 3.8) is 0 Å². The van der Waals surface area contributed by atoms with Gasteiger partial charge in [0.1, 0.15) is 5.50 Å². The van der Waals surface area contributed by atoms with E-state index in [4.69, 9.17) is 11.6 Å². The fraction of sp³-hybridized carbons (Fsp3) is 0.625. The van der Waals surface area contributed by atoms with Gasteiger partial charge in [0.2, 0.25) is 0 Å². The van der Waals surface area contributed by atoms with E-state index in [2.05, 4.69) is 49.1 Å². The highest BCUT2D eigenvalue weighted by atomic mass is 35.5. The molecule has 1 aromatic carbocycles. The fourth-order valence-corrected chi connectivity index (χ4v) is 2.46.